The fourth-order valence-corrected chi connectivity index (χ4v) is 3.19. The Labute approximate surface area is 136 Å². The zero-order valence-corrected chi connectivity index (χ0v) is 12.5. The van der Waals surface area contributed by atoms with E-state index in [2.05, 4.69) is 9.97 Å². The third-order valence-electron chi connectivity index (χ3n) is 4.38. The van der Waals surface area contributed by atoms with Crippen molar-refractivity contribution in [2.24, 2.45) is 0 Å². The van der Waals surface area contributed by atoms with Gasteiger partial charge in [0, 0.05) is 11.1 Å². The molecule has 4 aromatic rings. The van der Waals surface area contributed by atoms with Crippen molar-refractivity contribution in [3.05, 3.63) is 83.2 Å². The number of rotatable bonds is 0. The Hall–Kier alpha value is -3.40. The van der Waals surface area contributed by atoms with Crippen LogP contribution in [0.25, 0.3) is 21.8 Å². The molecule has 4 nitrogen and oxygen atoms in total. The molecule has 0 amide bonds. The number of aromatic nitrogens is 2. The number of ketones is 2. The summed E-state index contributed by atoms with van der Waals surface area (Å²) in [6.07, 6.45) is 0. The minimum atomic E-state index is -0.247. The minimum absolute atomic E-state index is 0.140. The van der Waals surface area contributed by atoms with Crippen molar-refractivity contribution in [3.8, 4) is 0 Å². The quantitative estimate of drug-likeness (QED) is 0.410. The van der Waals surface area contributed by atoms with Crippen molar-refractivity contribution >= 4 is 33.4 Å². The monoisotopic (exact) mass is 310 g/mol. The highest BCUT2D eigenvalue weighted by Gasteiger charge is 2.32. The van der Waals surface area contributed by atoms with Gasteiger partial charge in [0.1, 0.15) is 11.4 Å². The maximum absolute atomic E-state index is 12.7. The molecule has 0 N–H and O–H groups in total. The lowest BCUT2D eigenvalue weighted by Crippen LogP contribution is -2.23. The highest BCUT2D eigenvalue weighted by Crippen LogP contribution is 2.28. The van der Waals surface area contributed by atoms with Crippen LogP contribution < -0.4 is 0 Å². The van der Waals surface area contributed by atoms with Crippen LogP contribution in [0.3, 0.4) is 0 Å². The van der Waals surface area contributed by atoms with E-state index < -0.39 is 0 Å². The molecule has 0 unspecified atom stereocenters. The van der Waals surface area contributed by atoms with Gasteiger partial charge in [0.05, 0.1) is 11.0 Å². The Balaban J connectivity index is 1.85. The van der Waals surface area contributed by atoms with Gasteiger partial charge in [-0.15, -0.1) is 0 Å². The minimum Gasteiger partial charge on any atom is -0.287 e. The number of benzene rings is 3. The molecule has 1 aromatic heterocycles. The predicted octanol–water partition coefficient (Wildman–Crippen LogP) is 3.56. The third-order valence-corrected chi connectivity index (χ3v) is 4.38. The van der Waals surface area contributed by atoms with Crippen LogP contribution >= 0.6 is 0 Å². The summed E-state index contributed by atoms with van der Waals surface area (Å²) >= 11 is 0. The number of carbonyl (C=O) groups is 2. The summed E-state index contributed by atoms with van der Waals surface area (Å²) < 4.78 is 0. The van der Waals surface area contributed by atoms with Gasteiger partial charge in [-0.1, -0.05) is 48.5 Å². The molecule has 0 bridgehead atoms. The summed E-state index contributed by atoms with van der Waals surface area (Å²) in [5, 5.41) is 2.04. The lowest BCUT2D eigenvalue weighted by Gasteiger charge is -2.16. The van der Waals surface area contributed by atoms with Crippen LogP contribution in [0.1, 0.15) is 32.1 Å². The molecule has 0 fully saturated rings. The Morgan fingerprint density at radius 3 is 1.46 bits per heavy atom. The molecule has 1 aliphatic carbocycles. The van der Waals surface area contributed by atoms with Crippen LogP contribution in [0.2, 0.25) is 0 Å². The van der Waals surface area contributed by atoms with Gasteiger partial charge in [-0.05, 0) is 22.9 Å². The van der Waals surface area contributed by atoms with Gasteiger partial charge in [-0.25, -0.2) is 9.97 Å². The van der Waals surface area contributed by atoms with E-state index in [1.807, 2.05) is 36.4 Å². The molecular weight excluding hydrogens is 300 g/mol. The van der Waals surface area contributed by atoms with Gasteiger partial charge < -0.3 is 0 Å². The zero-order valence-electron chi connectivity index (χ0n) is 12.5. The lowest BCUT2D eigenvalue weighted by atomic mass is 9.89. The molecule has 1 heterocycles. The summed E-state index contributed by atoms with van der Waals surface area (Å²) in [6, 6.07) is 18.5. The second-order valence-corrected chi connectivity index (χ2v) is 5.81. The van der Waals surface area contributed by atoms with E-state index >= 15 is 0 Å². The molecule has 3 aromatic carbocycles. The first-order chi connectivity index (χ1) is 11.7. The number of nitrogens with zero attached hydrogens (tertiary/aromatic N) is 2. The van der Waals surface area contributed by atoms with Crippen molar-refractivity contribution < 1.29 is 9.59 Å². The normalized spacial score (nSPS) is 13.2. The summed E-state index contributed by atoms with van der Waals surface area (Å²) in [5.41, 5.74) is 2.30. The number of hydrogen-bond acceptors (Lipinski definition) is 4. The van der Waals surface area contributed by atoms with E-state index in [1.54, 1.807) is 24.3 Å². The predicted molar refractivity (Wildman–Crippen MR) is 90.4 cm³/mol. The van der Waals surface area contributed by atoms with Crippen LogP contribution in [0, 0.1) is 0 Å². The van der Waals surface area contributed by atoms with Crippen LogP contribution in [0.4, 0.5) is 0 Å². The summed E-state index contributed by atoms with van der Waals surface area (Å²) in [5.74, 6) is -0.495. The Morgan fingerprint density at radius 1 is 0.583 bits per heavy atom. The lowest BCUT2D eigenvalue weighted by molar-refractivity contribution is 0.0972. The highest BCUT2D eigenvalue weighted by molar-refractivity contribution is 6.27. The largest absolute Gasteiger partial charge is 0.287 e. The van der Waals surface area contributed by atoms with Crippen molar-refractivity contribution in [3.63, 3.8) is 0 Å². The van der Waals surface area contributed by atoms with E-state index in [0.29, 0.717) is 22.2 Å². The van der Waals surface area contributed by atoms with Crippen molar-refractivity contribution in [2.75, 3.05) is 0 Å². The van der Waals surface area contributed by atoms with Gasteiger partial charge in [-0.2, -0.15) is 0 Å². The third kappa shape index (κ3) is 1.68. The molecule has 0 saturated carbocycles. The molecule has 5 rings (SSSR count). The highest BCUT2D eigenvalue weighted by atomic mass is 16.1. The molecule has 112 valence electrons. The van der Waals surface area contributed by atoms with Gasteiger partial charge in [0.2, 0.25) is 11.6 Å². The molecule has 0 saturated heterocycles. The first kappa shape index (κ1) is 13.1. The Bertz CT molecular complexity index is 1100. The van der Waals surface area contributed by atoms with E-state index in [4.69, 9.17) is 0 Å². The smallest absolute Gasteiger partial charge is 0.214 e. The molecule has 1 aliphatic rings. The van der Waals surface area contributed by atoms with E-state index in [0.717, 1.165) is 10.8 Å². The van der Waals surface area contributed by atoms with E-state index in [1.165, 1.54) is 0 Å². The first-order valence-corrected chi connectivity index (χ1v) is 7.61. The van der Waals surface area contributed by atoms with Crippen LogP contribution in [-0.2, 0) is 0 Å². The first-order valence-electron chi connectivity index (χ1n) is 7.61. The van der Waals surface area contributed by atoms with Gasteiger partial charge >= 0.3 is 0 Å². The van der Waals surface area contributed by atoms with Crippen LogP contribution in [0.15, 0.2) is 60.7 Å². The fourth-order valence-electron chi connectivity index (χ4n) is 3.19. The average molecular weight is 310 g/mol. The molecule has 0 radical (unpaired) electrons. The average Bonchev–Trinajstić information content (AvgIpc) is 2.63. The Morgan fingerprint density at radius 2 is 1.00 bits per heavy atom. The summed E-state index contributed by atoms with van der Waals surface area (Å²) in [7, 11) is 0. The van der Waals surface area contributed by atoms with Crippen LogP contribution in [-0.4, -0.2) is 21.5 Å². The van der Waals surface area contributed by atoms with Gasteiger partial charge in [-0.3, -0.25) is 9.59 Å². The number of fused-ring (bicyclic) bond motifs is 4. The van der Waals surface area contributed by atoms with Crippen molar-refractivity contribution in [1.82, 2.24) is 9.97 Å². The molecule has 0 spiro atoms. The topological polar surface area (TPSA) is 59.9 Å². The summed E-state index contributed by atoms with van der Waals surface area (Å²) in [6.45, 7) is 0. The van der Waals surface area contributed by atoms with Gasteiger partial charge in [0.15, 0.2) is 0 Å². The van der Waals surface area contributed by atoms with Crippen molar-refractivity contribution in [1.29, 1.82) is 0 Å². The summed E-state index contributed by atoms with van der Waals surface area (Å²) in [4.78, 5) is 34.3. The van der Waals surface area contributed by atoms with Crippen LogP contribution in [0.5, 0.6) is 0 Å². The number of hydrogen-bond donors (Lipinski definition) is 0. The molecular formula is C20H10N2O2. The fraction of sp³-hybridized carbons (Fsp3) is 0. The van der Waals surface area contributed by atoms with E-state index in [9.17, 15) is 9.59 Å². The van der Waals surface area contributed by atoms with Crippen molar-refractivity contribution in [2.45, 2.75) is 0 Å². The maximum atomic E-state index is 12.7. The van der Waals surface area contributed by atoms with Gasteiger partial charge in [0.25, 0.3) is 0 Å². The Kier molecular flexibility index (Phi) is 2.48. The maximum Gasteiger partial charge on any atom is 0.214 e. The molecule has 0 aliphatic heterocycles. The SMILES string of the molecule is O=C1c2ccccc2C(=O)c2nc3cc4ccccc4cc3nc21. The second-order valence-electron chi connectivity index (χ2n) is 5.81. The standard InChI is InChI=1S/C20H10N2O2/c23-19-13-7-3-4-8-14(13)20(24)18-17(19)21-15-9-11-5-1-2-6-12(11)10-16(15)22-18/h1-10H. The second kappa shape index (κ2) is 4.55. The zero-order chi connectivity index (χ0) is 16.3. The molecule has 4 heteroatoms. The number of carbonyl (C=O) groups excluding carboxylic acids is 2. The van der Waals surface area contributed by atoms with E-state index in [-0.39, 0.29) is 23.0 Å². The molecule has 24 heavy (non-hydrogen) atoms. The molecule has 0 atom stereocenters.